The normalized spacial score (nSPS) is 11.1. The van der Waals surface area contributed by atoms with E-state index in [-0.39, 0.29) is 11.5 Å². The molecule has 0 bridgehead atoms. The van der Waals surface area contributed by atoms with E-state index in [4.69, 9.17) is 8.94 Å². The third kappa shape index (κ3) is 2.38. The molecule has 24 heavy (non-hydrogen) atoms. The Balaban J connectivity index is 1.85. The minimum Gasteiger partial charge on any atom is -0.422 e. The number of aryl methyl sites for hydroxylation is 1. The number of hydrogen-bond donors (Lipinski definition) is 0. The summed E-state index contributed by atoms with van der Waals surface area (Å²) < 4.78 is 23.8. The van der Waals surface area contributed by atoms with Gasteiger partial charge in [0.1, 0.15) is 17.0 Å². The second-order valence-corrected chi connectivity index (χ2v) is 5.37. The number of aromatic nitrogens is 2. The number of benzene rings is 2. The van der Waals surface area contributed by atoms with E-state index in [9.17, 15) is 9.18 Å². The number of rotatable bonds is 2. The third-order valence-electron chi connectivity index (χ3n) is 3.74. The predicted octanol–water partition coefficient (Wildman–Crippen LogP) is 3.96. The first-order valence-corrected chi connectivity index (χ1v) is 7.25. The zero-order valence-electron chi connectivity index (χ0n) is 12.6. The lowest BCUT2D eigenvalue weighted by Gasteiger charge is -1.99. The van der Waals surface area contributed by atoms with Gasteiger partial charge in [-0.3, -0.25) is 0 Å². The van der Waals surface area contributed by atoms with Crippen LogP contribution in [0.5, 0.6) is 0 Å². The van der Waals surface area contributed by atoms with Gasteiger partial charge in [-0.15, -0.1) is 0 Å². The number of nitrogens with zero attached hydrogens (tertiary/aromatic N) is 2. The summed E-state index contributed by atoms with van der Waals surface area (Å²) >= 11 is 0. The topological polar surface area (TPSA) is 69.1 Å². The highest BCUT2D eigenvalue weighted by atomic mass is 19.1. The van der Waals surface area contributed by atoms with E-state index in [1.54, 1.807) is 0 Å². The Morgan fingerprint density at radius 1 is 1.04 bits per heavy atom. The monoisotopic (exact) mass is 322 g/mol. The number of hydrogen-bond acceptors (Lipinski definition) is 5. The van der Waals surface area contributed by atoms with Gasteiger partial charge in [-0.1, -0.05) is 29.4 Å². The summed E-state index contributed by atoms with van der Waals surface area (Å²) in [5.41, 5.74) is 1.57. The lowest BCUT2D eigenvalue weighted by Crippen LogP contribution is -2.03. The summed E-state index contributed by atoms with van der Waals surface area (Å²) in [6.45, 7) is 1.93. The number of fused-ring (bicyclic) bond motifs is 1. The molecular formula is C18H11FN2O3. The highest BCUT2D eigenvalue weighted by Gasteiger charge is 2.17. The van der Waals surface area contributed by atoms with Crippen LogP contribution < -0.4 is 5.63 Å². The summed E-state index contributed by atoms with van der Waals surface area (Å²) in [6.07, 6.45) is 0. The highest BCUT2D eigenvalue weighted by Crippen LogP contribution is 2.25. The first kappa shape index (κ1) is 14.3. The Bertz CT molecular complexity index is 1110. The van der Waals surface area contributed by atoms with Gasteiger partial charge < -0.3 is 8.94 Å². The molecule has 118 valence electrons. The van der Waals surface area contributed by atoms with Crippen molar-refractivity contribution in [3.05, 3.63) is 70.3 Å². The second kappa shape index (κ2) is 5.42. The van der Waals surface area contributed by atoms with Crippen molar-refractivity contribution in [2.24, 2.45) is 0 Å². The predicted molar refractivity (Wildman–Crippen MR) is 85.9 cm³/mol. The lowest BCUT2D eigenvalue weighted by atomic mass is 10.1. The fourth-order valence-corrected chi connectivity index (χ4v) is 2.51. The SMILES string of the molecule is Cc1ccccc1-c1noc(-c2cc3cc(F)ccc3oc2=O)n1. The molecule has 0 fully saturated rings. The molecule has 2 aromatic heterocycles. The molecule has 0 spiro atoms. The van der Waals surface area contributed by atoms with Crippen molar-refractivity contribution in [2.75, 3.05) is 0 Å². The molecule has 0 aliphatic heterocycles. The Labute approximate surface area is 135 Å². The van der Waals surface area contributed by atoms with Crippen LogP contribution in [-0.2, 0) is 0 Å². The van der Waals surface area contributed by atoms with Gasteiger partial charge in [-0.2, -0.15) is 4.98 Å². The first-order chi connectivity index (χ1) is 11.6. The first-order valence-electron chi connectivity index (χ1n) is 7.25. The largest absolute Gasteiger partial charge is 0.422 e. The van der Waals surface area contributed by atoms with Crippen LogP contribution in [0.1, 0.15) is 5.56 Å². The van der Waals surface area contributed by atoms with E-state index in [1.807, 2.05) is 31.2 Å². The van der Waals surface area contributed by atoms with E-state index >= 15 is 0 Å². The summed E-state index contributed by atoms with van der Waals surface area (Å²) in [5.74, 6) is -0.0107. The van der Waals surface area contributed by atoms with Gasteiger partial charge >= 0.3 is 5.63 Å². The average molecular weight is 322 g/mol. The van der Waals surface area contributed by atoms with Gasteiger partial charge in [0.05, 0.1) is 0 Å². The molecule has 0 amide bonds. The van der Waals surface area contributed by atoms with E-state index in [1.165, 1.54) is 24.3 Å². The fraction of sp³-hybridized carbons (Fsp3) is 0.0556. The summed E-state index contributed by atoms with van der Waals surface area (Å²) in [7, 11) is 0. The van der Waals surface area contributed by atoms with Gasteiger partial charge in [-0.05, 0) is 36.8 Å². The minimum atomic E-state index is -0.617. The molecule has 0 radical (unpaired) electrons. The third-order valence-corrected chi connectivity index (χ3v) is 3.74. The molecule has 0 N–H and O–H groups in total. The van der Waals surface area contributed by atoms with Crippen LogP contribution in [-0.4, -0.2) is 10.1 Å². The molecular weight excluding hydrogens is 311 g/mol. The van der Waals surface area contributed by atoms with Crippen LogP contribution in [0.3, 0.4) is 0 Å². The molecule has 0 saturated carbocycles. The molecule has 4 rings (SSSR count). The summed E-state index contributed by atoms with van der Waals surface area (Å²) in [4.78, 5) is 16.4. The molecule has 0 saturated heterocycles. The number of halogens is 1. The maximum atomic E-state index is 13.4. The van der Waals surface area contributed by atoms with Crippen molar-refractivity contribution in [2.45, 2.75) is 6.92 Å². The molecule has 0 aliphatic rings. The molecule has 0 unspecified atom stereocenters. The van der Waals surface area contributed by atoms with Crippen LogP contribution >= 0.6 is 0 Å². The van der Waals surface area contributed by atoms with E-state index < -0.39 is 11.4 Å². The van der Waals surface area contributed by atoms with Crippen LogP contribution in [0.15, 0.2) is 62.3 Å². The molecule has 0 aliphatic carbocycles. The zero-order valence-corrected chi connectivity index (χ0v) is 12.6. The van der Waals surface area contributed by atoms with Gasteiger partial charge in [0.25, 0.3) is 5.89 Å². The molecule has 4 aromatic rings. The molecule has 5 nitrogen and oxygen atoms in total. The van der Waals surface area contributed by atoms with Gasteiger partial charge in [-0.25, -0.2) is 9.18 Å². The van der Waals surface area contributed by atoms with Crippen molar-refractivity contribution in [3.8, 4) is 22.8 Å². The van der Waals surface area contributed by atoms with E-state index in [0.29, 0.717) is 16.8 Å². The Morgan fingerprint density at radius 2 is 1.88 bits per heavy atom. The Morgan fingerprint density at radius 3 is 2.71 bits per heavy atom. The fourth-order valence-electron chi connectivity index (χ4n) is 2.51. The van der Waals surface area contributed by atoms with E-state index in [2.05, 4.69) is 10.1 Å². The molecule has 2 aromatic carbocycles. The Hall–Kier alpha value is -3.28. The van der Waals surface area contributed by atoms with Gasteiger partial charge in [0.15, 0.2) is 0 Å². The minimum absolute atomic E-state index is 0.0353. The lowest BCUT2D eigenvalue weighted by molar-refractivity contribution is 0.429. The maximum absolute atomic E-state index is 13.4. The Kier molecular flexibility index (Phi) is 3.23. The van der Waals surface area contributed by atoms with Crippen LogP contribution in [0.2, 0.25) is 0 Å². The van der Waals surface area contributed by atoms with Crippen LogP contribution in [0, 0.1) is 12.7 Å². The summed E-state index contributed by atoms with van der Waals surface area (Å²) in [6, 6.07) is 13.0. The van der Waals surface area contributed by atoms with Crippen molar-refractivity contribution in [1.29, 1.82) is 0 Å². The van der Waals surface area contributed by atoms with Crippen molar-refractivity contribution < 1.29 is 13.3 Å². The van der Waals surface area contributed by atoms with Gasteiger partial charge in [0, 0.05) is 10.9 Å². The second-order valence-electron chi connectivity index (χ2n) is 5.37. The summed E-state index contributed by atoms with van der Waals surface area (Å²) in [5, 5.41) is 4.37. The smallest absolute Gasteiger partial charge is 0.349 e. The van der Waals surface area contributed by atoms with E-state index in [0.717, 1.165) is 11.1 Å². The maximum Gasteiger partial charge on any atom is 0.349 e. The molecule has 0 atom stereocenters. The van der Waals surface area contributed by atoms with Crippen molar-refractivity contribution in [1.82, 2.24) is 10.1 Å². The zero-order chi connectivity index (χ0) is 16.7. The average Bonchev–Trinajstić information content (AvgIpc) is 3.04. The molecule has 6 heteroatoms. The highest BCUT2D eigenvalue weighted by molar-refractivity contribution is 5.80. The molecule has 2 heterocycles. The van der Waals surface area contributed by atoms with Gasteiger partial charge in [0.2, 0.25) is 5.82 Å². The standard InChI is InChI=1S/C18H11FN2O3/c1-10-4-2-3-5-13(10)16-20-17(24-21-16)14-9-11-8-12(19)6-7-15(11)23-18(14)22/h2-9H,1H3. The quantitative estimate of drug-likeness (QED) is 0.523. The van der Waals surface area contributed by atoms with Crippen LogP contribution in [0.4, 0.5) is 4.39 Å². The van der Waals surface area contributed by atoms with Crippen LogP contribution in [0.25, 0.3) is 33.8 Å². The van der Waals surface area contributed by atoms with Crippen molar-refractivity contribution >= 4 is 11.0 Å². The van der Waals surface area contributed by atoms with Crippen molar-refractivity contribution in [3.63, 3.8) is 0 Å².